The quantitative estimate of drug-likeness (QED) is 0.298. The van der Waals surface area contributed by atoms with Crippen LogP contribution in [0.2, 0.25) is 0 Å². The predicted octanol–water partition coefficient (Wildman–Crippen LogP) is 5.73. The van der Waals surface area contributed by atoms with Crippen LogP contribution in [-0.4, -0.2) is 61.9 Å². The number of anilines is 1. The van der Waals surface area contributed by atoms with Crippen molar-refractivity contribution in [1.29, 1.82) is 0 Å². The SMILES string of the molecule is CC(C)N(C)C(=O)c1cc(F)ccc1-n1cc(C2CCN(Cc3ccc(NS(C)=O)cc3)CC2)c2ccncc21. The van der Waals surface area contributed by atoms with Gasteiger partial charge in [0, 0.05) is 49.4 Å². The lowest BCUT2D eigenvalue weighted by Crippen LogP contribution is -2.33. The summed E-state index contributed by atoms with van der Waals surface area (Å²) in [6, 6.07) is 14.6. The number of aromatic nitrogens is 2. The first-order valence-electron chi connectivity index (χ1n) is 13.6. The first kappa shape index (κ1) is 28.0. The highest BCUT2D eigenvalue weighted by atomic mass is 32.2. The van der Waals surface area contributed by atoms with Crippen molar-refractivity contribution in [2.75, 3.05) is 31.1 Å². The van der Waals surface area contributed by atoms with Crippen LogP contribution in [0, 0.1) is 5.82 Å². The van der Waals surface area contributed by atoms with Gasteiger partial charge in [0.1, 0.15) is 16.8 Å². The van der Waals surface area contributed by atoms with Gasteiger partial charge in [-0.15, -0.1) is 0 Å². The van der Waals surface area contributed by atoms with Crippen molar-refractivity contribution in [3.63, 3.8) is 0 Å². The molecule has 7 nitrogen and oxygen atoms in total. The maximum Gasteiger partial charge on any atom is 0.256 e. The van der Waals surface area contributed by atoms with Gasteiger partial charge in [-0.3, -0.25) is 14.7 Å². The highest BCUT2D eigenvalue weighted by Crippen LogP contribution is 2.36. The summed E-state index contributed by atoms with van der Waals surface area (Å²) in [6.07, 6.45) is 9.40. The van der Waals surface area contributed by atoms with Crippen LogP contribution in [0.1, 0.15) is 54.1 Å². The van der Waals surface area contributed by atoms with E-state index in [2.05, 4.69) is 32.9 Å². The fraction of sp³-hybridized carbons (Fsp3) is 0.355. The van der Waals surface area contributed by atoms with E-state index < -0.39 is 16.8 Å². The summed E-state index contributed by atoms with van der Waals surface area (Å²) in [5.74, 6) is -0.277. The highest BCUT2D eigenvalue weighted by molar-refractivity contribution is 7.85. The molecule has 2 aromatic heterocycles. The molecule has 4 aromatic rings. The molecule has 2 aromatic carbocycles. The molecule has 1 unspecified atom stereocenters. The molecule has 9 heteroatoms. The molecule has 210 valence electrons. The normalized spacial score (nSPS) is 15.4. The molecule has 1 amide bonds. The van der Waals surface area contributed by atoms with E-state index in [0.717, 1.165) is 49.1 Å². The zero-order chi connectivity index (χ0) is 28.4. The first-order chi connectivity index (χ1) is 19.2. The first-order valence-corrected chi connectivity index (χ1v) is 15.2. The molecule has 1 saturated heterocycles. The maximum atomic E-state index is 14.3. The molecule has 0 bridgehead atoms. The summed E-state index contributed by atoms with van der Waals surface area (Å²) < 4.78 is 30.7. The van der Waals surface area contributed by atoms with Gasteiger partial charge in [0.05, 0.1) is 23.0 Å². The van der Waals surface area contributed by atoms with Crippen molar-refractivity contribution in [2.24, 2.45) is 0 Å². The molecule has 0 spiro atoms. The number of rotatable bonds is 8. The number of carbonyl (C=O) groups excluding carboxylic acids is 1. The van der Waals surface area contributed by atoms with Crippen molar-refractivity contribution in [2.45, 2.75) is 45.2 Å². The van der Waals surface area contributed by atoms with Crippen LogP contribution < -0.4 is 4.72 Å². The molecule has 3 heterocycles. The fourth-order valence-electron chi connectivity index (χ4n) is 5.44. The molecule has 40 heavy (non-hydrogen) atoms. The number of nitrogens with one attached hydrogen (secondary N) is 1. The predicted molar refractivity (Wildman–Crippen MR) is 160 cm³/mol. The molecule has 5 rings (SSSR count). The van der Waals surface area contributed by atoms with Gasteiger partial charge in [0.25, 0.3) is 5.91 Å². The second-order valence-corrected chi connectivity index (χ2v) is 11.9. The number of pyridine rings is 1. The van der Waals surface area contributed by atoms with Gasteiger partial charge < -0.3 is 14.2 Å². The number of fused-ring (bicyclic) bond motifs is 1. The number of amides is 1. The lowest BCUT2D eigenvalue weighted by atomic mass is 9.89. The summed E-state index contributed by atoms with van der Waals surface area (Å²) in [5, 5.41) is 1.12. The van der Waals surface area contributed by atoms with Gasteiger partial charge in [-0.05, 0) is 93.2 Å². The number of carbonyl (C=O) groups is 1. The van der Waals surface area contributed by atoms with Gasteiger partial charge >= 0.3 is 0 Å². The van der Waals surface area contributed by atoms with Crippen LogP contribution >= 0.6 is 0 Å². The van der Waals surface area contributed by atoms with Crippen LogP contribution in [0.3, 0.4) is 0 Å². The third-order valence-corrected chi connectivity index (χ3v) is 8.35. The molecular formula is C31H36FN5O2S. The summed E-state index contributed by atoms with van der Waals surface area (Å²) in [4.78, 5) is 21.8. The molecule has 0 aliphatic carbocycles. The molecule has 0 saturated carbocycles. The Hall–Kier alpha value is -3.56. The fourth-order valence-corrected chi connectivity index (χ4v) is 5.91. The number of likely N-dealkylation sites (tertiary alicyclic amines) is 1. The third kappa shape index (κ3) is 5.95. The van der Waals surface area contributed by atoms with Crippen LogP contribution in [0.15, 0.2) is 67.1 Å². The number of piperidine rings is 1. The molecule has 1 atom stereocenters. The Labute approximate surface area is 237 Å². The Bertz CT molecular complexity index is 1530. The van der Waals surface area contributed by atoms with Crippen LogP contribution in [0.5, 0.6) is 0 Å². The molecule has 1 aliphatic rings. The maximum absolute atomic E-state index is 14.3. The van der Waals surface area contributed by atoms with Crippen molar-refractivity contribution in [3.8, 4) is 5.69 Å². The van der Waals surface area contributed by atoms with E-state index in [9.17, 15) is 13.4 Å². The summed E-state index contributed by atoms with van der Waals surface area (Å²) in [7, 11) is 0.662. The Balaban J connectivity index is 1.38. The zero-order valence-corrected chi connectivity index (χ0v) is 24.2. The second-order valence-electron chi connectivity index (χ2n) is 10.8. The van der Waals surface area contributed by atoms with E-state index in [1.165, 1.54) is 23.3 Å². The second kappa shape index (κ2) is 11.9. The highest BCUT2D eigenvalue weighted by Gasteiger charge is 2.26. The van der Waals surface area contributed by atoms with E-state index >= 15 is 0 Å². The molecule has 1 fully saturated rings. The van der Waals surface area contributed by atoms with Crippen molar-refractivity contribution >= 4 is 33.5 Å². The Kier molecular flexibility index (Phi) is 8.32. The summed E-state index contributed by atoms with van der Waals surface area (Å²) in [5.41, 5.74) is 5.23. The molecular weight excluding hydrogens is 525 g/mol. The largest absolute Gasteiger partial charge is 0.339 e. The van der Waals surface area contributed by atoms with Gasteiger partial charge in [0.15, 0.2) is 0 Å². The lowest BCUT2D eigenvalue weighted by molar-refractivity contribution is 0.0754. The standard InChI is InChI=1S/C31H36FN5O2S/c1-21(2)35(3)31(38)27-17-24(32)7-10-29(27)37-20-28(26-11-14-33-18-30(26)37)23-12-15-36(16-13-23)19-22-5-8-25(9-6-22)34-40(4)39/h5-11,14,17-18,20-21,23,34H,12-13,15-16,19H2,1-4H3. The lowest BCUT2D eigenvalue weighted by Gasteiger charge is -2.32. The van der Waals surface area contributed by atoms with E-state index in [-0.39, 0.29) is 11.9 Å². The average molecular weight is 562 g/mol. The van der Waals surface area contributed by atoms with Crippen molar-refractivity contribution in [3.05, 3.63) is 89.6 Å². The minimum Gasteiger partial charge on any atom is -0.339 e. The smallest absolute Gasteiger partial charge is 0.256 e. The van der Waals surface area contributed by atoms with E-state index in [4.69, 9.17) is 0 Å². The van der Waals surface area contributed by atoms with Crippen LogP contribution in [0.4, 0.5) is 10.1 Å². The van der Waals surface area contributed by atoms with Gasteiger partial charge in [-0.1, -0.05) is 12.1 Å². The zero-order valence-electron chi connectivity index (χ0n) is 23.4. The average Bonchev–Trinajstić information content (AvgIpc) is 3.33. The number of benzene rings is 2. The summed E-state index contributed by atoms with van der Waals surface area (Å²) in [6.45, 7) is 6.70. The third-order valence-electron chi connectivity index (χ3n) is 7.83. The van der Waals surface area contributed by atoms with Crippen molar-refractivity contribution < 1.29 is 13.4 Å². The van der Waals surface area contributed by atoms with Crippen molar-refractivity contribution in [1.82, 2.24) is 19.4 Å². The van der Waals surface area contributed by atoms with Gasteiger partial charge in [0.2, 0.25) is 0 Å². The number of halogens is 1. The van der Waals surface area contributed by atoms with E-state index in [1.54, 1.807) is 30.5 Å². The minimum atomic E-state index is -1.08. The number of hydrogen-bond donors (Lipinski definition) is 1. The van der Waals surface area contributed by atoms with E-state index in [1.807, 2.05) is 42.8 Å². The van der Waals surface area contributed by atoms with E-state index in [0.29, 0.717) is 17.2 Å². The minimum absolute atomic E-state index is 0.0103. The number of nitrogens with zero attached hydrogens (tertiary/aromatic N) is 4. The summed E-state index contributed by atoms with van der Waals surface area (Å²) >= 11 is 0. The number of hydrogen-bond acceptors (Lipinski definition) is 4. The topological polar surface area (TPSA) is 70.5 Å². The Morgan fingerprint density at radius 2 is 1.88 bits per heavy atom. The Morgan fingerprint density at radius 1 is 1.15 bits per heavy atom. The van der Waals surface area contributed by atoms with Crippen LogP contribution in [0.25, 0.3) is 16.6 Å². The van der Waals surface area contributed by atoms with Gasteiger partial charge in [-0.25, -0.2) is 8.60 Å². The Morgan fingerprint density at radius 3 is 2.55 bits per heavy atom. The van der Waals surface area contributed by atoms with Crippen LogP contribution in [-0.2, 0) is 17.5 Å². The monoisotopic (exact) mass is 561 g/mol. The molecule has 0 radical (unpaired) electrons. The van der Waals surface area contributed by atoms with Gasteiger partial charge in [-0.2, -0.15) is 0 Å². The molecule has 1 N–H and O–H groups in total. The molecule has 1 aliphatic heterocycles.